The zero-order valence-electron chi connectivity index (χ0n) is 14.6. The fourth-order valence-electron chi connectivity index (χ4n) is 4.44. The maximum absolute atomic E-state index is 2.34. The Hall–Kier alpha value is -2.86. The predicted molar refractivity (Wildman–Crippen MR) is 107 cm³/mol. The van der Waals surface area contributed by atoms with Crippen molar-refractivity contribution in [3.63, 3.8) is 0 Å². The molecule has 0 bridgehead atoms. The molecule has 0 atom stereocenters. The van der Waals surface area contributed by atoms with Crippen molar-refractivity contribution in [2.24, 2.45) is 0 Å². The van der Waals surface area contributed by atoms with Crippen LogP contribution in [-0.2, 0) is 5.41 Å². The molecular weight excluding hydrogens is 300 g/mol. The third-order valence-electron chi connectivity index (χ3n) is 5.69. The van der Waals surface area contributed by atoms with Gasteiger partial charge in [0, 0.05) is 5.41 Å². The summed E-state index contributed by atoms with van der Waals surface area (Å²) in [6.07, 6.45) is 0. The Kier molecular flexibility index (Phi) is 2.93. The predicted octanol–water partition coefficient (Wildman–Crippen LogP) is 6.81. The van der Waals surface area contributed by atoms with Crippen molar-refractivity contribution >= 4 is 10.8 Å². The van der Waals surface area contributed by atoms with Crippen LogP contribution in [0.5, 0.6) is 0 Å². The molecule has 0 saturated heterocycles. The SMILES string of the molecule is CC1(C)c2ccccc2-c2c(-c3cccc4ccccc34)cccc21. The maximum Gasteiger partial charge on any atom is 0.0159 e. The number of hydrogen-bond acceptors (Lipinski definition) is 0. The third-order valence-corrected chi connectivity index (χ3v) is 5.69. The maximum atomic E-state index is 2.34. The molecule has 0 fully saturated rings. The minimum atomic E-state index is 0.0481. The third kappa shape index (κ3) is 1.94. The second-order valence-electron chi connectivity index (χ2n) is 7.43. The van der Waals surface area contributed by atoms with Crippen LogP contribution in [0, 0.1) is 0 Å². The van der Waals surface area contributed by atoms with Crippen LogP contribution < -0.4 is 0 Å². The van der Waals surface area contributed by atoms with E-state index in [-0.39, 0.29) is 5.41 Å². The molecule has 0 heteroatoms. The normalized spacial score (nSPS) is 14.3. The summed E-state index contributed by atoms with van der Waals surface area (Å²) < 4.78 is 0. The van der Waals surface area contributed by atoms with Crippen LogP contribution in [0.2, 0.25) is 0 Å². The lowest BCUT2D eigenvalue weighted by Crippen LogP contribution is -2.14. The molecule has 0 radical (unpaired) electrons. The van der Waals surface area contributed by atoms with Crippen molar-refractivity contribution < 1.29 is 0 Å². The Labute approximate surface area is 148 Å². The molecule has 0 nitrogen and oxygen atoms in total. The Morgan fingerprint density at radius 2 is 1.12 bits per heavy atom. The summed E-state index contributed by atoms with van der Waals surface area (Å²) in [5.74, 6) is 0. The Morgan fingerprint density at radius 1 is 0.520 bits per heavy atom. The summed E-state index contributed by atoms with van der Waals surface area (Å²) in [6.45, 7) is 4.68. The number of hydrogen-bond donors (Lipinski definition) is 0. The van der Waals surface area contributed by atoms with Gasteiger partial charge in [-0.25, -0.2) is 0 Å². The number of fused-ring (bicyclic) bond motifs is 4. The smallest absolute Gasteiger partial charge is 0.0159 e. The van der Waals surface area contributed by atoms with Gasteiger partial charge in [0.05, 0.1) is 0 Å². The lowest BCUT2D eigenvalue weighted by molar-refractivity contribution is 0.660. The van der Waals surface area contributed by atoms with Gasteiger partial charge in [0.15, 0.2) is 0 Å². The highest BCUT2D eigenvalue weighted by Crippen LogP contribution is 2.52. The second-order valence-corrected chi connectivity index (χ2v) is 7.43. The molecule has 4 aromatic carbocycles. The van der Waals surface area contributed by atoms with Crippen LogP contribution in [0.25, 0.3) is 33.0 Å². The average molecular weight is 320 g/mol. The number of rotatable bonds is 1. The van der Waals surface area contributed by atoms with Gasteiger partial charge in [-0.3, -0.25) is 0 Å². The molecule has 0 N–H and O–H groups in total. The lowest BCUT2D eigenvalue weighted by Gasteiger charge is -2.21. The van der Waals surface area contributed by atoms with Crippen molar-refractivity contribution in [3.8, 4) is 22.3 Å². The van der Waals surface area contributed by atoms with E-state index < -0.39 is 0 Å². The zero-order chi connectivity index (χ0) is 17.0. The van der Waals surface area contributed by atoms with Crippen molar-refractivity contribution in [1.82, 2.24) is 0 Å². The highest BCUT2D eigenvalue weighted by Gasteiger charge is 2.36. The molecule has 1 aliphatic rings. The van der Waals surface area contributed by atoms with E-state index in [9.17, 15) is 0 Å². The first-order valence-corrected chi connectivity index (χ1v) is 8.89. The molecule has 25 heavy (non-hydrogen) atoms. The van der Waals surface area contributed by atoms with E-state index in [0.29, 0.717) is 0 Å². The number of benzene rings is 4. The molecule has 0 aliphatic heterocycles. The highest BCUT2D eigenvalue weighted by molar-refractivity contribution is 6.02. The van der Waals surface area contributed by atoms with Gasteiger partial charge >= 0.3 is 0 Å². The topological polar surface area (TPSA) is 0 Å². The van der Waals surface area contributed by atoms with Crippen molar-refractivity contribution in [1.29, 1.82) is 0 Å². The molecule has 1 aliphatic carbocycles. The summed E-state index contributed by atoms with van der Waals surface area (Å²) in [5.41, 5.74) is 8.35. The van der Waals surface area contributed by atoms with Gasteiger partial charge in [-0.05, 0) is 44.2 Å². The van der Waals surface area contributed by atoms with Crippen LogP contribution in [-0.4, -0.2) is 0 Å². The van der Waals surface area contributed by atoms with Gasteiger partial charge < -0.3 is 0 Å². The van der Waals surface area contributed by atoms with E-state index in [0.717, 1.165) is 0 Å². The largest absolute Gasteiger partial charge is 0.0619 e. The molecule has 120 valence electrons. The van der Waals surface area contributed by atoms with E-state index in [1.165, 1.54) is 44.2 Å². The molecule has 0 aromatic heterocycles. The Morgan fingerprint density at radius 3 is 2.04 bits per heavy atom. The van der Waals surface area contributed by atoms with E-state index in [4.69, 9.17) is 0 Å². The van der Waals surface area contributed by atoms with E-state index in [1.807, 2.05) is 0 Å². The van der Waals surface area contributed by atoms with Gasteiger partial charge in [0.2, 0.25) is 0 Å². The van der Waals surface area contributed by atoms with E-state index in [1.54, 1.807) is 0 Å². The molecule has 0 saturated carbocycles. The van der Waals surface area contributed by atoms with E-state index >= 15 is 0 Å². The van der Waals surface area contributed by atoms with Crippen LogP contribution >= 0.6 is 0 Å². The minimum Gasteiger partial charge on any atom is -0.0619 e. The van der Waals surface area contributed by atoms with Crippen LogP contribution in [0.15, 0.2) is 84.9 Å². The summed E-state index contributed by atoms with van der Waals surface area (Å²) in [7, 11) is 0. The monoisotopic (exact) mass is 320 g/mol. The molecule has 4 aromatic rings. The molecule has 0 amide bonds. The van der Waals surface area contributed by atoms with Crippen molar-refractivity contribution in [3.05, 3.63) is 96.1 Å². The molecular formula is C25H20. The standard InChI is InChI=1S/C25H20/c1-25(2)22-15-6-5-12-21(22)24-20(14-8-16-23(24)25)19-13-7-10-17-9-3-4-11-18(17)19/h3-16H,1-2H3. The summed E-state index contributed by atoms with van der Waals surface area (Å²) in [6, 6.07) is 30.9. The van der Waals surface area contributed by atoms with Gasteiger partial charge in [-0.2, -0.15) is 0 Å². The molecule has 0 unspecified atom stereocenters. The van der Waals surface area contributed by atoms with Crippen LogP contribution in [0.3, 0.4) is 0 Å². The Bertz CT molecular complexity index is 1110. The minimum absolute atomic E-state index is 0.0481. The molecule has 5 rings (SSSR count). The average Bonchev–Trinajstić information content (AvgIpc) is 2.90. The van der Waals surface area contributed by atoms with Crippen molar-refractivity contribution in [2.75, 3.05) is 0 Å². The fraction of sp³-hybridized carbons (Fsp3) is 0.120. The molecule has 0 heterocycles. The first kappa shape index (κ1) is 14.5. The quantitative estimate of drug-likeness (QED) is 0.361. The van der Waals surface area contributed by atoms with Gasteiger partial charge in [-0.1, -0.05) is 98.8 Å². The summed E-state index contributed by atoms with van der Waals surface area (Å²) >= 11 is 0. The second kappa shape index (κ2) is 5.07. The van der Waals surface area contributed by atoms with Crippen LogP contribution in [0.4, 0.5) is 0 Å². The first-order chi connectivity index (χ1) is 12.2. The van der Waals surface area contributed by atoms with Crippen molar-refractivity contribution in [2.45, 2.75) is 19.3 Å². The molecule has 0 spiro atoms. The summed E-state index contributed by atoms with van der Waals surface area (Å²) in [4.78, 5) is 0. The van der Waals surface area contributed by atoms with Gasteiger partial charge in [0.25, 0.3) is 0 Å². The lowest BCUT2D eigenvalue weighted by atomic mass is 9.82. The fourth-order valence-corrected chi connectivity index (χ4v) is 4.44. The van der Waals surface area contributed by atoms with E-state index in [2.05, 4.69) is 98.8 Å². The van der Waals surface area contributed by atoms with Gasteiger partial charge in [-0.15, -0.1) is 0 Å². The Balaban J connectivity index is 1.90. The summed E-state index contributed by atoms with van der Waals surface area (Å²) in [5, 5.41) is 2.61. The zero-order valence-corrected chi connectivity index (χ0v) is 14.6. The first-order valence-electron chi connectivity index (χ1n) is 8.89. The van der Waals surface area contributed by atoms with Gasteiger partial charge in [0.1, 0.15) is 0 Å². The highest BCUT2D eigenvalue weighted by atomic mass is 14.4. The van der Waals surface area contributed by atoms with Crippen LogP contribution in [0.1, 0.15) is 25.0 Å².